The van der Waals surface area contributed by atoms with E-state index in [4.69, 9.17) is 0 Å². The van der Waals surface area contributed by atoms with Gasteiger partial charge >= 0.3 is 0 Å². The number of benzene rings is 1. The van der Waals surface area contributed by atoms with Crippen LogP contribution in [0.3, 0.4) is 0 Å². The maximum Gasteiger partial charge on any atom is 0.258 e. The van der Waals surface area contributed by atoms with Crippen molar-refractivity contribution >= 4 is 39.7 Å². The first-order valence-corrected chi connectivity index (χ1v) is 10.0. The van der Waals surface area contributed by atoms with Crippen molar-refractivity contribution in [2.75, 3.05) is 10.7 Å². The molecule has 3 rings (SSSR count). The number of nitrogens with zero attached hydrogens (tertiary/aromatic N) is 3. The lowest BCUT2D eigenvalue weighted by atomic mass is 10.2. The highest BCUT2D eigenvalue weighted by Crippen LogP contribution is 2.19. The van der Waals surface area contributed by atoms with Crippen LogP contribution in [0.4, 0.5) is 5.69 Å². The number of hydrogen-bond donors (Lipinski definition) is 0. The summed E-state index contributed by atoms with van der Waals surface area (Å²) in [4.78, 5) is 31.6. The maximum absolute atomic E-state index is 12.6. The van der Waals surface area contributed by atoms with Crippen LogP contribution in [0.5, 0.6) is 0 Å². The summed E-state index contributed by atoms with van der Waals surface area (Å²) >= 11 is 2.91. The average molecular weight is 374 g/mol. The molecule has 0 saturated heterocycles. The molecule has 0 spiro atoms. The third-order valence-electron chi connectivity index (χ3n) is 3.65. The molecule has 25 heavy (non-hydrogen) atoms. The molecular weight excluding hydrogens is 354 g/mol. The van der Waals surface area contributed by atoms with E-state index in [9.17, 15) is 9.59 Å². The van der Waals surface area contributed by atoms with Gasteiger partial charge in [-0.05, 0) is 26.0 Å². The fourth-order valence-corrected chi connectivity index (χ4v) is 4.10. The summed E-state index contributed by atoms with van der Waals surface area (Å²) in [6.07, 6.45) is 1.72. The van der Waals surface area contributed by atoms with Gasteiger partial charge in [-0.15, -0.1) is 23.1 Å². The molecule has 0 unspecified atom stereocenters. The number of hydrogen-bond acceptors (Lipinski definition) is 5. The predicted octanol–water partition coefficient (Wildman–Crippen LogP) is 3.43. The molecule has 0 aliphatic carbocycles. The van der Waals surface area contributed by atoms with Gasteiger partial charge in [-0.2, -0.15) is 0 Å². The SMILES string of the molecule is CC(C)N(C(=O)CSCc1cc(=O)n2ccsc2n1)c1ccccc1. The molecule has 7 heteroatoms. The van der Waals surface area contributed by atoms with E-state index in [0.29, 0.717) is 22.2 Å². The average Bonchev–Trinajstić information content (AvgIpc) is 3.05. The van der Waals surface area contributed by atoms with Gasteiger partial charge in [0.2, 0.25) is 5.91 Å². The summed E-state index contributed by atoms with van der Waals surface area (Å²) in [5.41, 5.74) is 1.53. The summed E-state index contributed by atoms with van der Waals surface area (Å²) < 4.78 is 1.53. The van der Waals surface area contributed by atoms with Crippen LogP contribution in [0, 0.1) is 0 Å². The summed E-state index contributed by atoms with van der Waals surface area (Å²) in [6, 6.07) is 11.3. The topological polar surface area (TPSA) is 54.7 Å². The van der Waals surface area contributed by atoms with E-state index in [-0.39, 0.29) is 17.5 Å². The second-order valence-electron chi connectivity index (χ2n) is 5.83. The fraction of sp³-hybridized carbons (Fsp3) is 0.278. The van der Waals surface area contributed by atoms with Gasteiger partial charge in [-0.3, -0.25) is 14.0 Å². The van der Waals surface area contributed by atoms with E-state index in [1.165, 1.54) is 33.6 Å². The zero-order valence-corrected chi connectivity index (χ0v) is 15.7. The van der Waals surface area contributed by atoms with Crippen molar-refractivity contribution in [2.24, 2.45) is 0 Å². The molecule has 5 nitrogen and oxygen atoms in total. The lowest BCUT2D eigenvalue weighted by Gasteiger charge is -2.26. The third-order valence-corrected chi connectivity index (χ3v) is 5.36. The summed E-state index contributed by atoms with van der Waals surface area (Å²) in [5, 5.41) is 1.84. The minimum absolute atomic E-state index is 0.0557. The van der Waals surface area contributed by atoms with Crippen molar-refractivity contribution in [3.05, 3.63) is 64.0 Å². The minimum atomic E-state index is -0.0822. The van der Waals surface area contributed by atoms with Gasteiger partial charge in [0.1, 0.15) is 0 Å². The number of rotatable bonds is 6. The van der Waals surface area contributed by atoms with E-state index in [1.807, 2.05) is 49.6 Å². The third kappa shape index (κ3) is 4.11. The molecule has 0 atom stereocenters. The Labute approximate surface area is 154 Å². The largest absolute Gasteiger partial charge is 0.309 e. The zero-order chi connectivity index (χ0) is 17.8. The van der Waals surface area contributed by atoms with E-state index in [2.05, 4.69) is 4.98 Å². The number of thiazole rings is 1. The highest BCUT2D eigenvalue weighted by molar-refractivity contribution is 7.99. The molecule has 1 aromatic carbocycles. The lowest BCUT2D eigenvalue weighted by Crippen LogP contribution is -2.38. The standard InChI is InChI=1S/C18H19N3O2S2/c1-13(2)21(15-6-4-3-5-7-15)17(23)12-24-11-14-10-16(22)20-8-9-25-18(20)19-14/h3-10,13H,11-12H2,1-2H3. The maximum atomic E-state index is 12.6. The number of anilines is 1. The molecule has 2 aromatic heterocycles. The molecule has 2 heterocycles. The van der Waals surface area contributed by atoms with Crippen LogP contribution in [-0.4, -0.2) is 27.1 Å². The second kappa shape index (κ2) is 7.84. The molecule has 3 aromatic rings. The molecule has 0 aliphatic heterocycles. The Hall–Kier alpha value is -2.12. The van der Waals surface area contributed by atoms with Crippen LogP contribution in [-0.2, 0) is 10.5 Å². The fourth-order valence-electron chi connectivity index (χ4n) is 2.59. The minimum Gasteiger partial charge on any atom is -0.309 e. The Morgan fingerprint density at radius 1 is 1.32 bits per heavy atom. The Morgan fingerprint density at radius 2 is 2.08 bits per heavy atom. The summed E-state index contributed by atoms with van der Waals surface area (Å²) in [7, 11) is 0. The first-order valence-electron chi connectivity index (χ1n) is 7.97. The first-order chi connectivity index (χ1) is 12.1. The normalized spacial score (nSPS) is 11.2. The van der Waals surface area contributed by atoms with Crippen molar-refractivity contribution in [1.29, 1.82) is 0 Å². The molecule has 0 radical (unpaired) electrons. The highest BCUT2D eigenvalue weighted by atomic mass is 32.2. The molecule has 0 fully saturated rings. The van der Waals surface area contributed by atoms with Gasteiger partial charge in [0, 0.05) is 35.1 Å². The quantitative estimate of drug-likeness (QED) is 0.664. The van der Waals surface area contributed by atoms with Crippen LogP contribution in [0.15, 0.2) is 52.8 Å². The number of carbonyl (C=O) groups is 1. The number of para-hydroxylation sites is 1. The van der Waals surface area contributed by atoms with Crippen LogP contribution >= 0.6 is 23.1 Å². The number of thioether (sulfide) groups is 1. The van der Waals surface area contributed by atoms with E-state index in [1.54, 1.807) is 11.1 Å². The Bertz CT molecular complexity index is 919. The molecule has 1 amide bonds. The summed E-state index contributed by atoms with van der Waals surface area (Å²) in [5.74, 6) is 0.939. The predicted molar refractivity (Wildman–Crippen MR) is 105 cm³/mol. The number of carbonyl (C=O) groups excluding carboxylic acids is 1. The van der Waals surface area contributed by atoms with E-state index in [0.717, 1.165) is 5.69 Å². The van der Waals surface area contributed by atoms with Crippen molar-refractivity contribution in [3.63, 3.8) is 0 Å². The van der Waals surface area contributed by atoms with Crippen molar-refractivity contribution in [1.82, 2.24) is 9.38 Å². The van der Waals surface area contributed by atoms with Gasteiger partial charge in [0.15, 0.2) is 4.96 Å². The first kappa shape index (κ1) is 17.7. The van der Waals surface area contributed by atoms with Gasteiger partial charge in [0.05, 0.1) is 11.4 Å². The Morgan fingerprint density at radius 3 is 2.80 bits per heavy atom. The molecule has 130 valence electrons. The zero-order valence-electron chi connectivity index (χ0n) is 14.1. The van der Waals surface area contributed by atoms with Gasteiger partial charge < -0.3 is 4.90 Å². The van der Waals surface area contributed by atoms with Crippen LogP contribution in [0.1, 0.15) is 19.5 Å². The van der Waals surface area contributed by atoms with Crippen LogP contribution in [0.2, 0.25) is 0 Å². The van der Waals surface area contributed by atoms with Crippen LogP contribution in [0.25, 0.3) is 4.96 Å². The van der Waals surface area contributed by atoms with Crippen molar-refractivity contribution in [2.45, 2.75) is 25.6 Å². The monoisotopic (exact) mass is 373 g/mol. The molecule has 0 saturated carbocycles. The van der Waals surface area contributed by atoms with Gasteiger partial charge in [0.25, 0.3) is 5.56 Å². The van der Waals surface area contributed by atoms with Crippen molar-refractivity contribution < 1.29 is 4.79 Å². The van der Waals surface area contributed by atoms with Crippen molar-refractivity contribution in [3.8, 4) is 0 Å². The lowest BCUT2D eigenvalue weighted by molar-refractivity contribution is -0.116. The molecule has 0 aliphatic rings. The number of aromatic nitrogens is 2. The van der Waals surface area contributed by atoms with E-state index >= 15 is 0 Å². The molecule has 0 N–H and O–H groups in total. The van der Waals surface area contributed by atoms with E-state index < -0.39 is 0 Å². The Kier molecular flexibility index (Phi) is 5.55. The molecule has 0 bridgehead atoms. The van der Waals surface area contributed by atoms with Gasteiger partial charge in [-0.25, -0.2) is 4.98 Å². The highest BCUT2D eigenvalue weighted by Gasteiger charge is 2.18. The number of amides is 1. The van der Waals surface area contributed by atoms with Gasteiger partial charge in [-0.1, -0.05) is 18.2 Å². The molecular formula is C18H19N3O2S2. The second-order valence-corrected chi connectivity index (χ2v) is 7.69. The smallest absolute Gasteiger partial charge is 0.258 e. The summed E-state index contributed by atoms with van der Waals surface area (Å²) in [6.45, 7) is 4.01. The Balaban J connectivity index is 1.65. The number of fused-ring (bicyclic) bond motifs is 1. The van der Waals surface area contributed by atoms with Crippen LogP contribution < -0.4 is 10.5 Å².